The van der Waals surface area contributed by atoms with E-state index >= 15 is 0 Å². The first-order valence-corrected chi connectivity index (χ1v) is 13.8. The highest BCUT2D eigenvalue weighted by Gasteiger charge is 2.31. The second-order valence-electron chi connectivity index (χ2n) is 9.46. The van der Waals surface area contributed by atoms with E-state index in [9.17, 15) is 9.90 Å². The van der Waals surface area contributed by atoms with Crippen LogP contribution in [0.2, 0.25) is 5.02 Å². The Hall–Kier alpha value is -2.32. The molecular formula is C28H34ClN3O3S. The molecule has 1 aromatic heterocycles. The Labute approximate surface area is 222 Å². The van der Waals surface area contributed by atoms with Gasteiger partial charge in [0.1, 0.15) is 5.75 Å². The minimum absolute atomic E-state index is 0.120. The van der Waals surface area contributed by atoms with E-state index in [2.05, 4.69) is 34.1 Å². The maximum atomic E-state index is 11.6. The molecule has 192 valence electrons. The summed E-state index contributed by atoms with van der Waals surface area (Å²) in [4.78, 5) is 19.8. The summed E-state index contributed by atoms with van der Waals surface area (Å²) >= 11 is 8.40. The number of fused-ring (bicyclic) bond motifs is 1. The first-order chi connectivity index (χ1) is 17.4. The molecule has 4 rings (SSSR count). The fourth-order valence-corrected chi connectivity index (χ4v) is 6.44. The van der Waals surface area contributed by atoms with E-state index in [1.165, 1.54) is 4.90 Å². The third-order valence-corrected chi connectivity index (χ3v) is 8.41. The number of thioether (sulfide) groups is 1. The summed E-state index contributed by atoms with van der Waals surface area (Å²) in [6, 6.07) is 15.8. The molecule has 8 heteroatoms. The van der Waals surface area contributed by atoms with Crippen LogP contribution in [0.3, 0.4) is 0 Å². The first kappa shape index (κ1) is 26.7. The van der Waals surface area contributed by atoms with Gasteiger partial charge in [-0.15, -0.1) is 11.8 Å². The number of nitrogens with zero attached hydrogens (tertiary/aromatic N) is 2. The van der Waals surface area contributed by atoms with Crippen LogP contribution in [0.25, 0.3) is 10.9 Å². The van der Waals surface area contributed by atoms with Crippen molar-refractivity contribution in [2.75, 3.05) is 32.5 Å². The predicted molar refractivity (Wildman–Crippen MR) is 147 cm³/mol. The SMILES string of the molecule is COc1ccc2ncc(Cl)c([C@H](N)CCC3CCN(CCSc4ccccc4)CC3CC(=O)O)c2c1. The van der Waals surface area contributed by atoms with E-state index in [1.54, 1.807) is 13.3 Å². The average Bonchev–Trinajstić information content (AvgIpc) is 2.88. The van der Waals surface area contributed by atoms with Crippen molar-refractivity contribution in [2.45, 2.75) is 36.6 Å². The van der Waals surface area contributed by atoms with E-state index in [-0.39, 0.29) is 18.4 Å². The molecule has 0 radical (unpaired) electrons. The highest BCUT2D eigenvalue weighted by molar-refractivity contribution is 7.99. The topological polar surface area (TPSA) is 88.7 Å². The van der Waals surface area contributed by atoms with Gasteiger partial charge in [0.2, 0.25) is 0 Å². The Morgan fingerprint density at radius 2 is 2.08 bits per heavy atom. The van der Waals surface area contributed by atoms with Crippen molar-refractivity contribution in [3.63, 3.8) is 0 Å². The number of piperidine rings is 1. The van der Waals surface area contributed by atoms with Gasteiger partial charge in [0.05, 0.1) is 17.6 Å². The second kappa shape index (κ2) is 12.8. The number of carboxylic acid groups (broad SMARTS) is 1. The molecule has 1 fully saturated rings. The van der Waals surface area contributed by atoms with Crippen molar-refractivity contribution in [2.24, 2.45) is 17.6 Å². The number of hydrogen-bond acceptors (Lipinski definition) is 6. The molecule has 2 aromatic carbocycles. The maximum absolute atomic E-state index is 11.6. The number of aliphatic carboxylic acids is 1. The van der Waals surface area contributed by atoms with Crippen LogP contribution in [-0.2, 0) is 4.79 Å². The van der Waals surface area contributed by atoms with Crippen molar-refractivity contribution in [1.29, 1.82) is 0 Å². The van der Waals surface area contributed by atoms with E-state index < -0.39 is 5.97 Å². The zero-order valence-corrected chi connectivity index (χ0v) is 22.2. The predicted octanol–water partition coefficient (Wildman–Crippen LogP) is 5.88. The lowest BCUT2D eigenvalue weighted by Crippen LogP contribution is -2.42. The minimum Gasteiger partial charge on any atom is -0.497 e. The monoisotopic (exact) mass is 527 g/mol. The number of halogens is 1. The molecule has 2 unspecified atom stereocenters. The molecule has 3 atom stereocenters. The summed E-state index contributed by atoms with van der Waals surface area (Å²) in [6.45, 7) is 2.77. The maximum Gasteiger partial charge on any atom is 0.303 e. The number of benzene rings is 2. The van der Waals surface area contributed by atoms with Crippen molar-refractivity contribution in [3.8, 4) is 5.75 Å². The third-order valence-electron chi connectivity index (χ3n) is 7.12. The van der Waals surface area contributed by atoms with Crippen LogP contribution >= 0.6 is 23.4 Å². The molecule has 0 aliphatic carbocycles. The molecule has 1 aliphatic heterocycles. The zero-order chi connectivity index (χ0) is 25.5. The third kappa shape index (κ3) is 6.91. The number of rotatable bonds is 11. The normalized spacial score (nSPS) is 19.3. The van der Waals surface area contributed by atoms with Crippen LogP contribution in [-0.4, -0.2) is 53.5 Å². The van der Waals surface area contributed by atoms with Gasteiger partial charge in [-0.25, -0.2) is 0 Å². The molecule has 0 bridgehead atoms. The van der Waals surface area contributed by atoms with Crippen molar-refractivity contribution < 1.29 is 14.6 Å². The largest absolute Gasteiger partial charge is 0.497 e. The lowest BCUT2D eigenvalue weighted by Gasteiger charge is -2.38. The molecule has 2 heterocycles. The number of methoxy groups -OCH3 is 1. The van der Waals surface area contributed by atoms with Crippen LogP contribution < -0.4 is 10.5 Å². The molecule has 3 aromatic rings. The summed E-state index contributed by atoms with van der Waals surface area (Å²) in [5.74, 6) is 1.45. The number of nitrogens with two attached hydrogens (primary N) is 1. The molecular weight excluding hydrogens is 494 g/mol. The van der Waals surface area contributed by atoms with Crippen molar-refractivity contribution in [3.05, 3.63) is 65.3 Å². The van der Waals surface area contributed by atoms with Crippen LogP contribution in [0.5, 0.6) is 5.75 Å². The molecule has 0 saturated carbocycles. The summed E-state index contributed by atoms with van der Waals surface area (Å²) in [5.41, 5.74) is 8.39. The number of aromatic nitrogens is 1. The Bertz CT molecular complexity index is 1160. The lowest BCUT2D eigenvalue weighted by atomic mass is 9.79. The smallest absolute Gasteiger partial charge is 0.303 e. The molecule has 1 saturated heterocycles. The van der Waals surface area contributed by atoms with Gasteiger partial charge in [-0.2, -0.15) is 0 Å². The Morgan fingerprint density at radius 3 is 2.83 bits per heavy atom. The fourth-order valence-electron chi connectivity index (χ4n) is 5.21. The van der Waals surface area contributed by atoms with Gasteiger partial charge in [-0.1, -0.05) is 29.8 Å². The highest BCUT2D eigenvalue weighted by atomic mass is 35.5. The van der Waals surface area contributed by atoms with E-state index in [0.717, 1.165) is 66.9 Å². The Morgan fingerprint density at radius 1 is 1.28 bits per heavy atom. The van der Waals surface area contributed by atoms with Gasteiger partial charge in [0.25, 0.3) is 0 Å². The Kier molecular flexibility index (Phi) is 9.48. The van der Waals surface area contributed by atoms with Gasteiger partial charge >= 0.3 is 5.97 Å². The molecule has 3 N–H and O–H groups in total. The molecule has 1 aliphatic rings. The molecule has 0 spiro atoms. The minimum atomic E-state index is -0.731. The number of carboxylic acids is 1. The quantitative estimate of drug-likeness (QED) is 0.301. The summed E-state index contributed by atoms with van der Waals surface area (Å²) in [7, 11) is 1.63. The highest BCUT2D eigenvalue weighted by Crippen LogP contribution is 2.36. The summed E-state index contributed by atoms with van der Waals surface area (Å²) in [5, 5.41) is 11.0. The number of hydrogen-bond donors (Lipinski definition) is 2. The lowest BCUT2D eigenvalue weighted by molar-refractivity contribution is -0.139. The van der Waals surface area contributed by atoms with Crippen LogP contribution in [0.4, 0.5) is 0 Å². The molecule has 36 heavy (non-hydrogen) atoms. The van der Waals surface area contributed by atoms with Gasteiger partial charge in [-0.3, -0.25) is 9.78 Å². The average molecular weight is 528 g/mol. The van der Waals surface area contributed by atoms with E-state index in [1.807, 2.05) is 36.0 Å². The van der Waals surface area contributed by atoms with Crippen LogP contribution in [0.15, 0.2) is 59.6 Å². The van der Waals surface area contributed by atoms with E-state index in [0.29, 0.717) is 10.9 Å². The van der Waals surface area contributed by atoms with Gasteiger partial charge in [-0.05, 0) is 73.5 Å². The number of likely N-dealkylation sites (tertiary alicyclic amines) is 1. The number of ether oxygens (including phenoxy) is 1. The summed E-state index contributed by atoms with van der Waals surface area (Å²) in [6.07, 6.45) is 4.44. The van der Waals surface area contributed by atoms with Gasteiger partial charge < -0.3 is 20.5 Å². The van der Waals surface area contributed by atoms with Crippen molar-refractivity contribution in [1.82, 2.24) is 9.88 Å². The number of carbonyl (C=O) groups is 1. The first-order valence-electron chi connectivity index (χ1n) is 12.4. The number of pyridine rings is 1. The summed E-state index contributed by atoms with van der Waals surface area (Å²) < 4.78 is 5.39. The zero-order valence-electron chi connectivity index (χ0n) is 20.6. The second-order valence-corrected chi connectivity index (χ2v) is 11.0. The Balaban J connectivity index is 1.38. The molecule has 6 nitrogen and oxygen atoms in total. The molecule has 0 amide bonds. The van der Waals surface area contributed by atoms with E-state index in [4.69, 9.17) is 22.1 Å². The van der Waals surface area contributed by atoms with Crippen molar-refractivity contribution >= 4 is 40.2 Å². The van der Waals surface area contributed by atoms with Gasteiger partial charge in [0, 0.05) is 47.8 Å². The fraction of sp³-hybridized carbons (Fsp3) is 0.429. The van der Waals surface area contributed by atoms with Crippen LogP contribution in [0.1, 0.15) is 37.3 Å². The van der Waals surface area contributed by atoms with Gasteiger partial charge in [0.15, 0.2) is 0 Å². The van der Waals surface area contributed by atoms with Crippen LogP contribution in [0, 0.1) is 11.8 Å². The standard InChI is InChI=1S/C28H34ClN3O3S/c1-35-21-8-10-26-23(16-21)28(24(29)17-31-26)25(30)9-7-19-11-12-32(18-20(19)15-27(33)34)13-14-36-22-5-3-2-4-6-22/h2-6,8,10,16-17,19-20,25H,7,9,11-15,18,30H2,1H3,(H,33,34)/t19?,20?,25-/m1/s1.